The average Bonchev–Trinajstić information content (AvgIpc) is 2.38. The lowest BCUT2D eigenvalue weighted by atomic mass is 10.2. The quantitative estimate of drug-likeness (QED) is 0.793. The number of carboxylic acids is 1. The van der Waals surface area contributed by atoms with Gasteiger partial charge in [0.05, 0.1) is 6.54 Å². The highest BCUT2D eigenvalue weighted by Gasteiger charge is 2.15. The Bertz CT molecular complexity index is 460. The lowest BCUT2D eigenvalue weighted by Gasteiger charge is -2.25. The lowest BCUT2D eigenvalue weighted by Crippen LogP contribution is -2.41. The predicted molar refractivity (Wildman–Crippen MR) is 80.3 cm³/mol. The number of hydrogen-bond donors (Lipinski definition) is 2. The van der Waals surface area contributed by atoms with E-state index in [-0.39, 0.29) is 25.0 Å². The number of nitrogens with one attached hydrogen (secondary N) is 1. The van der Waals surface area contributed by atoms with Crippen LogP contribution in [-0.2, 0) is 16.1 Å². The molecular weight excluding hydrogens is 324 g/mol. The molecular formula is C14H19BrN2O3. The van der Waals surface area contributed by atoms with E-state index >= 15 is 0 Å². The monoisotopic (exact) mass is 342 g/mol. The first-order chi connectivity index (χ1) is 9.38. The van der Waals surface area contributed by atoms with E-state index in [0.29, 0.717) is 6.54 Å². The highest BCUT2D eigenvalue weighted by Crippen LogP contribution is 2.13. The minimum atomic E-state index is -1.04. The van der Waals surface area contributed by atoms with Crippen molar-refractivity contribution in [3.05, 3.63) is 34.3 Å². The summed E-state index contributed by atoms with van der Waals surface area (Å²) in [7, 11) is 0. The van der Waals surface area contributed by atoms with Crippen LogP contribution >= 0.6 is 15.9 Å². The van der Waals surface area contributed by atoms with Gasteiger partial charge in [-0.1, -0.05) is 28.1 Å². The van der Waals surface area contributed by atoms with Crippen LogP contribution in [0.1, 0.15) is 19.4 Å². The second kappa shape index (κ2) is 8.01. The van der Waals surface area contributed by atoms with Crippen LogP contribution in [0.4, 0.5) is 0 Å². The van der Waals surface area contributed by atoms with Crippen molar-refractivity contribution in [2.45, 2.75) is 26.4 Å². The van der Waals surface area contributed by atoms with Crippen LogP contribution in [0, 0.1) is 0 Å². The molecule has 0 aliphatic rings. The number of halogens is 1. The average molecular weight is 343 g/mol. The van der Waals surface area contributed by atoms with Crippen LogP contribution in [0.5, 0.6) is 0 Å². The molecule has 0 heterocycles. The number of carboxylic acid groups (broad SMARTS) is 1. The molecule has 0 saturated carbocycles. The third kappa shape index (κ3) is 6.16. The maximum absolute atomic E-state index is 11.7. The molecule has 0 aliphatic heterocycles. The predicted octanol–water partition coefficient (Wildman–Crippen LogP) is 1.86. The summed E-state index contributed by atoms with van der Waals surface area (Å²) in [5, 5.41) is 10.9. The Hall–Kier alpha value is -1.40. The van der Waals surface area contributed by atoms with Crippen LogP contribution in [0.2, 0.25) is 0 Å². The van der Waals surface area contributed by atoms with Gasteiger partial charge < -0.3 is 10.4 Å². The lowest BCUT2D eigenvalue weighted by molar-refractivity contribution is -0.138. The van der Waals surface area contributed by atoms with Crippen molar-refractivity contribution in [3.63, 3.8) is 0 Å². The van der Waals surface area contributed by atoms with Gasteiger partial charge in [0.15, 0.2) is 0 Å². The normalized spacial score (nSPS) is 10.8. The van der Waals surface area contributed by atoms with Gasteiger partial charge in [-0.25, -0.2) is 0 Å². The smallest absolute Gasteiger partial charge is 0.322 e. The number of amides is 1. The van der Waals surface area contributed by atoms with Crippen LogP contribution < -0.4 is 5.32 Å². The zero-order valence-corrected chi connectivity index (χ0v) is 13.2. The highest BCUT2D eigenvalue weighted by atomic mass is 79.9. The van der Waals surface area contributed by atoms with Gasteiger partial charge in [-0.05, 0) is 31.5 Å². The standard InChI is InChI=1S/C14H19BrN2O3/c1-10(2)17(9-13(18)16-7-14(19)20)8-11-3-5-12(15)6-4-11/h3-6,10H,7-9H2,1-2H3,(H,16,18)(H,19,20). The molecule has 1 rings (SSSR count). The SMILES string of the molecule is CC(C)N(CC(=O)NCC(=O)O)Cc1ccc(Br)cc1. The number of nitrogens with zero attached hydrogens (tertiary/aromatic N) is 1. The molecule has 20 heavy (non-hydrogen) atoms. The van der Waals surface area contributed by atoms with Gasteiger partial charge in [0, 0.05) is 17.1 Å². The summed E-state index contributed by atoms with van der Waals surface area (Å²) in [5.74, 6) is -1.32. The Morgan fingerprint density at radius 3 is 2.40 bits per heavy atom. The Morgan fingerprint density at radius 2 is 1.90 bits per heavy atom. The summed E-state index contributed by atoms with van der Waals surface area (Å²) in [4.78, 5) is 24.1. The Balaban J connectivity index is 2.58. The molecule has 0 fully saturated rings. The molecule has 0 atom stereocenters. The van der Waals surface area contributed by atoms with Crippen molar-refractivity contribution >= 4 is 27.8 Å². The van der Waals surface area contributed by atoms with E-state index in [2.05, 4.69) is 21.2 Å². The van der Waals surface area contributed by atoms with Gasteiger partial charge in [0.2, 0.25) is 5.91 Å². The third-order valence-corrected chi connectivity index (χ3v) is 3.34. The summed E-state index contributed by atoms with van der Waals surface area (Å²) in [6, 6.07) is 8.09. The molecule has 0 saturated heterocycles. The maximum atomic E-state index is 11.7. The van der Waals surface area contributed by atoms with Gasteiger partial charge in [-0.15, -0.1) is 0 Å². The largest absolute Gasteiger partial charge is 0.480 e. The topological polar surface area (TPSA) is 69.6 Å². The zero-order chi connectivity index (χ0) is 15.1. The minimum absolute atomic E-state index is 0.182. The van der Waals surface area contributed by atoms with E-state index in [4.69, 9.17) is 5.11 Å². The summed E-state index contributed by atoms with van der Waals surface area (Å²) >= 11 is 3.38. The maximum Gasteiger partial charge on any atom is 0.322 e. The Kier molecular flexibility index (Phi) is 6.67. The fourth-order valence-corrected chi connectivity index (χ4v) is 1.92. The molecule has 2 N–H and O–H groups in total. The molecule has 0 bridgehead atoms. The summed E-state index contributed by atoms with van der Waals surface area (Å²) < 4.78 is 1.01. The first kappa shape index (κ1) is 16.7. The molecule has 110 valence electrons. The number of rotatable bonds is 7. The summed E-state index contributed by atoms with van der Waals surface area (Å²) in [6.07, 6.45) is 0. The molecule has 1 amide bonds. The first-order valence-corrected chi connectivity index (χ1v) is 7.14. The number of carbonyl (C=O) groups excluding carboxylic acids is 1. The van der Waals surface area contributed by atoms with Crippen molar-refractivity contribution in [2.24, 2.45) is 0 Å². The van der Waals surface area contributed by atoms with Crippen molar-refractivity contribution in [2.75, 3.05) is 13.1 Å². The number of benzene rings is 1. The molecule has 0 spiro atoms. The fraction of sp³-hybridized carbons (Fsp3) is 0.429. The van der Waals surface area contributed by atoms with Crippen LogP contribution in [0.15, 0.2) is 28.7 Å². The third-order valence-electron chi connectivity index (χ3n) is 2.81. The molecule has 1 aromatic rings. The number of hydrogen-bond acceptors (Lipinski definition) is 3. The van der Waals surface area contributed by atoms with Crippen molar-refractivity contribution < 1.29 is 14.7 Å². The Labute approximate surface area is 127 Å². The van der Waals surface area contributed by atoms with Gasteiger partial charge in [0.1, 0.15) is 6.54 Å². The minimum Gasteiger partial charge on any atom is -0.480 e. The van der Waals surface area contributed by atoms with Crippen LogP contribution in [0.25, 0.3) is 0 Å². The van der Waals surface area contributed by atoms with E-state index in [1.165, 1.54) is 0 Å². The molecule has 0 unspecified atom stereocenters. The molecule has 0 aromatic heterocycles. The van der Waals surface area contributed by atoms with E-state index in [1.807, 2.05) is 43.0 Å². The van der Waals surface area contributed by atoms with Gasteiger partial charge >= 0.3 is 5.97 Å². The highest BCUT2D eigenvalue weighted by molar-refractivity contribution is 9.10. The van der Waals surface area contributed by atoms with Crippen molar-refractivity contribution in [1.29, 1.82) is 0 Å². The fourth-order valence-electron chi connectivity index (χ4n) is 1.66. The van der Waals surface area contributed by atoms with E-state index in [1.54, 1.807) is 0 Å². The molecule has 1 aromatic carbocycles. The first-order valence-electron chi connectivity index (χ1n) is 6.35. The molecule has 6 heteroatoms. The van der Waals surface area contributed by atoms with Crippen molar-refractivity contribution in [3.8, 4) is 0 Å². The number of carbonyl (C=O) groups is 2. The van der Waals surface area contributed by atoms with E-state index < -0.39 is 5.97 Å². The van der Waals surface area contributed by atoms with Gasteiger partial charge in [0.25, 0.3) is 0 Å². The second-order valence-electron chi connectivity index (χ2n) is 4.80. The second-order valence-corrected chi connectivity index (χ2v) is 5.71. The Morgan fingerprint density at radius 1 is 1.30 bits per heavy atom. The molecule has 0 aliphatic carbocycles. The summed E-state index contributed by atoms with van der Waals surface area (Å²) in [5.41, 5.74) is 1.10. The van der Waals surface area contributed by atoms with E-state index in [0.717, 1.165) is 10.0 Å². The van der Waals surface area contributed by atoms with Gasteiger partial charge in [-0.3, -0.25) is 14.5 Å². The van der Waals surface area contributed by atoms with Crippen molar-refractivity contribution in [1.82, 2.24) is 10.2 Å². The molecule has 0 radical (unpaired) electrons. The van der Waals surface area contributed by atoms with E-state index in [9.17, 15) is 9.59 Å². The number of aliphatic carboxylic acids is 1. The van der Waals surface area contributed by atoms with Crippen LogP contribution in [0.3, 0.4) is 0 Å². The zero-order valence-electron chi connectivity index (χ0n) is 11.6. The van der Waals surface area contributed by atoms with Crippen LogP contribution in [-0.4, -0.2) is 41.0 Å². The molecule has 5 nitrogen and oxygen atoms in total. The van der Waals surface area contributed by atoms with Gasteiger partial charge in [-0.2, -0.15) is 0 Å². The summed E-state index contributed by atoms with van der Waals surface area (Å²) in [6.45, 7) is 4.49.